The molecule has 0 bridgehead atoms. The Morgan fingerprint density at radius 1 is 1.19 bits per heavy atom. The molecule has 2 nitrogen and oxygen atoms in total. The molecular formula is C17H19BrFNO. The van der Waals surface area contributed by atoms with Crippen molar-refractivity contribution in [1.29, 1.82) is 0 Å². The van der Waals surface area contributed by atoms with E-state index < -0.39 is 0 Å². The van der Waals surface area contributed by atoms with E-state index in [-0.39, 0.29) is 11.9 Å². The van der Waals surface area contributed by atoms with E-state index in [0.717, 1.165) is 22.1 Å². The zero-order valence-corrected chi connectivity index (χ0v) is 14.0. The lowest BCUT2D eigenvalue weighted by molar-refractivity contribution is 0.410. The molecule has 0 spiro atoms. The molecule has 0 aliphatic rings. The first kappa shape index (κ1) is 16.0. The number of benzene rings is 2. The number of nitrogens with one attached hydrogen (secondary N) is 1. The Kier molecular flexibility index (Phi) is 5.37. The topological polar surface area (TPSA) is 21.3 Å². The van der Waals surface area contributed by atoms with Crippen LogP contribution < -0.4 is 10.1 Å². The number of halogens is 2. The van der Waals surface area contributed by atoms with Crippen LogP contribution in [0.5, 0.6) is 5.75 Å². The van der Waals surface area contributed by atoms with Gasteiger partial charge >= 0.3 is 0 Å². The fourth-order valence-corrected chi connectivity index (χ4v) is 2.76. The number of aryl methyl sites for hydroxylation is 1. The molecule has 0 aliphatic heterocycles. The Bertz CT molecular complexity index is 630. The van der Waals surface area contributed by atoms with E-state index in [1.54, 1.807) is 12.1 Å². The molecule has 0 heterocycles. The molecule has 112 valence electrons. The Morgan fingerprint density at radius 3 is 2.57 bits per heavy atom. The predicted octanol–water partition coefficient (Wildman–Crippen LogP) is 4.60. The van der Waals surface area contributed by atoms with Gasteiger partial charge in [-0.25, -0.2) is 4.39 Å². The lowest BCUT2D eigenvalue weighted by atomic mass is 9.94. The summed E-state index contributed by atoms with van der Waals surface area (Å²) in [5, 5.41) is 3.36. The molecular weight excluding hydrogens is 333 g/mol. The van der Waals surface area contributed by atoms with Crippen molar-refractivity contribution in [2.45, 2.75) is 19.9 Å². The van der Waals surface area contributed by atoms with Gasteiger partial charge in [-0.05, 0) is 42.8 Å². The van der Waals surface area contributed by atoms with Gasteiger partial charge in [-0.15, -0.1) is 0 Å². The van der Waals surface area contributed by atoms with Crippen molar-refractivity contribution in [3.63, 3.8) is 0 Å². The fraction of sp³-hybridized carbons (Fsp3) is 0.294. The van der Waals surface area contributed by atoms with Crippen molar-refractivity contribution in [2.24, 2.45) is 0 Å². The zero-order valence-electron chi connectivity index (χ0n) is 12.4. The largest absolute Gasteiger partial charge is 0.497 e. The standard InChI is InChI=1S/C17H19BrFNO/c1-4-20-17(15-9-12(18)6-5-11(15)2)14-8-7-13(21-3)10-16(14)19/h5-10,17,20H,4H2,1-3H3. The van der Waals surface area contributed by atoms with Crippen LogP contribution in [0.4, 0.5) is 4.39 Å². The summed E-state index contributed by atoms with van der Waals surface area (Å²) >= 11 is 3.49. The Balaban J connectivity index is 2.50. The molecule has 1 unspecified atom stereocenters. The van der Waals surface area contributed by atoms with Gasteiger partial charge < -0.3 is 10.1 Å². The van der Waals surface area contributed by atoms with Crippen LogP contribution in [0, 0.1) is 12.7 Å². The molecule has 0 amide bonds. The minimum atomic E-state index is -0.264. The second-order valence-electron chi connectivity index (χ2n) is 4.88. The van der Waals surface area contributed by atoms with Gasteiger partial charge in [0, 0.05) is 16.1 Å². The highest BCUT2D eigenvalue weighted by Crippen LogP contribution is 2.30. The number of hydrogen-bond donors (Lipinski definition) is 1. The van der Waals surface area contributed by atoms with E-state index in [1.165, 1.54) is 13.2 Å². The van der Waals surface area contributed by atoms with Gasteiger partial charge in [0.05, 0.1) is 13.2 Å². The molecule has 0 fully saturated rings. The third-order valence-electron chi connectivity index (χ3n) is 3.48. The third-order valence-corrected chi connectivity index (χ3v) is 3.97. The smallest absolute Gasteiger partial charge is 0.132 e. The van der Waals surface area contributed by atoms with Crippen molar-refractivity contribution >= 4 is 15.9 Å². The quantitative estimate of drug-likeness (QED) is 0.849. The van der Waals surface area contributed by atoms with Crippen LogP contribution in [-0.2, 0) is 0 Å². The zero-order chi connectivity index (χ0) is 15.4. The summed E-state index contributed by atoms with van der Waals surface area (Å²) in [6, 6.07) is 10.9. The van der Waals surface area contributed by atoms with E-state index in [1.807, 2.05) is 32.0 Å². The minimum absolute atomic E-state index is 0.182. The van der Waals surface area contributed by atoms with Gasteiger partial charge in [-0.3, -0.25) is 0 Å². The average molecular weight is 352 g/mol. The van der Waals surface area contributed by atoms with Gasteiger partial charge in [0.2, 0.25) is 0 Å². The first-order chi connectivity index (χ1) is 10.1. The highest BCUT2D eigenvalue weighted by Gasteiger charge is 2.19. The molecule has 0 aromatic heterocycles. The summed E-state index contributed by atoms with van der Waals surface area (Å²) in [6.45, 7) is 4.80. The van der Waals surface area contributed by atoms with Crippen molar-refractivity contribution in [3.8, 4) is 5.75 Å². The van der Waals surface area contributed by atoms with E-state index in [9.17, 15) is 4.39 Å². The van der Waals surface area contributed by atoms with Crippen molar-refractivity contribution in [2.75, 3.05) is 13.7 Å². The molecule has 4 heteroatoms. The molecule has 1 N–H and O–H groups in total. The van der Waals surface area contributed by atoms with Crippen molar-refractivity contribution in [3.05, 3.63) is 63.4 Å². The summed E-state index contributed by atoms with van der Waals surface area (Å²) in [6.07, 6.45) is 0. The molecule has 21 heavy (non-hydrogen) atoms. The highest BCUT2D eigenvalue weighted by molar-refractivity contribution is 9.10. The van der Waals surface area contributed by atoms with Crippen molar-refractivity contribution in [1.82, 2.24) is 5.32 Å². The van der Waals surface area contributed by atoms with Crippen LogP contribution in [-0.4, -0.2) is 13.7 Å². The molecule has 1 atom stereocenters. The Labute approximate surface area is 133 Å². The van der Waals surface area contributed by atoms with Crippen LogP contribution in [0.3, 0.4) is 0 Å². The van der Waals surface area contributed by atoms with Gasteiger partial charge in [0.1, 0.15) is 11.6 Å². The molecule has 2 aromatic rings. The maximum atomic E-state index is 14.4. The lowest BCUT2D eigenvalue weighted by Crippen LogP contribution is -2.23. The normalized spacial score (nSPS) is 12.2. The molecule has 0 saturated carbocycles. The summed E-state index contributed by atoms with van der Waals surface area (Å²) in [5.74, 6) is 0.261. The molecule has 2 rings (SSSR count). The van der Waals surface area contributed by atoms with E-state index in [2.05, 4.69) is 21.2 Å². The maximum Gasteiger partial charge on any atom is 0.132 e. The number of ether oxygens (including phenoxy) is 1. The van der Waals surface area contributed by atoms with Crippen molar-refractivity contribution < 1.29 is 9.13 Å². The predicted molar refractivity (Wildman–Crippen MR) is 87.4 cm³/mol. The second-order valence-corrected chi connectivity index (χ2v) is 5.79. The van der Waals surface area contributed by atoms with E-state index in [4.69, 9.17) is 4.74 Å². The van der Waals surface area contributed by atoms with Gasteiger partial charge in [0.25, 0.3) is 0 Å². The number of methoxy groups -OCH3 is 1. The van der Waals surface area contributed by atoms with Crippen LogP contribution >= 0.6 is 15.9 Å². The van der Waals surface area contributed by atoms with Crippen LogP contribution in [0.15, 0.2) is 40.9 Å². The highest BCUT2D eigenvalue weighted by atomic mass is 79.9. The first-order valence-corrected chi connectivity index (χ1v) is 7.69. The molecule has 0 saturated heterocycles. The lowest BCUT2D eigenvalue weighted by Gasteiger charge is -2.22. The number of hydrogen-bond acceptors (Lipinski definition) is 2. The summed E-state index contributed by atoms with van der Waals surface area (Å²) in [7, 11) is 1.54. The maximum absolute atomic E-state index is 14.4. The van der Waals surface area contributed by atoms with Gasteiger partial charge in [-0.1, -0.05) is 35.0 Å². The molecule has 2 aromatic carbocycles. The summed E-state index contributed by atoms with van der Waals surface area (Å²) in [4.78, 5) is 0. The van der Waals surface area contributed by atoms with Gasteiger partial charge in [0.15, 0.2) is 0 Å². The third kappa shape index (κ3) is 3.63. The monoisotopic (exact) mass is 351 g/mol. The van der Waals surface area contributed by atoms with E-state index in [0.29, 0.717) is 11.3 Å². The van der Waals surface area contributed by atoms with Crippen LogP contribution in [0.25, 0.3) is 0 Å². The summed E-state index contributed by atoms with van der Waals surface area (Å²) in [5.41, 5.74) is 2.81. The van der Waals surface area contributed by atoms with Crippen LogP contribution in [0.2, 0.25) is 0 Å². The van der Waals surface area contributed by atoms with Gasteiger partial charge in [-0.2, -0.15) is 0 Å². The summed E-state index contributed by atoms with van der Waals surface area (Å²) < 4.78 is 20.5. The second kappa shape index (κ2) is 7.05. The Morgan fingerprint density at radius 2 is 1.95 bits per heavy atom. The molecule has 0 radical (unpaired) electrons. The first-order valence-electron chi connectivity index (χ1n) is 6.89. The Hall–Kier alpha value is -1.39. The number of rotatable bonds is 5. The fourth-order valence-electron chi connectivity index (χ4n) is 2.38. The van der Waals surface area contributed by atoms with Crippen LogP contribution in [0.1, 0.15) is 29.7 Å². The minimum Gasteiger partial charge on any atom is -0.497 e. The SMILES string of the molecule is CCNC(c1cc(Br)ccc1C)c1ccc(OC)cc1F. The average Bonchev–Trinajstić information content (AvgIpc) is 2.48. The molecule has 0 aliphatic carbocycles. The van der Waals surface area contributed by atoms with E-state index >= 15 is 0 Å².